The number of Topliss-reactive ketones (excluding diaryl/α,β-unsaturated/α-hetero) is 1. The lowest BCUT2D eigenvalue weighted by Gasteiger charge is -2.23. The Balaban J connectivity index is 1.53. The molecule has 3 heterocycles. The summed E-state index contributed by atoms with van der Waals surface area (Å²) in [5.74, 6) is -1.20. The van der Waals surface area contributed by atoms with Crippen LogP contribution in [0.4, 0.5) is 9.52 Å². The third-order valence-corrected chi connectivity index (χ3v) is 8.10. The summed E-state index contributed by atoms with van der Waals surface area (Å²) in [5.41, 5.74) is 3.66. The van der Waals surface area contributed by atoms with Gasteiger partial charge in [0.2, 0.25) is 0 Å². The molecule has 2 aliphatic rings. The number of hydrogen-bond donors (Lipinski definition) is 1. The van der Waals surface area contributed by atoms with Gasteiger partial charge in [-0.05, 0) is 65.9 Å². The van der Waals surface area contributed by atoms with Crippen molar-refractivity contribution in [2.45, 2.75) is 45.3 Å². The van der Waals surface area contributed by atoms with Crippen LogP contribution in [0.2, 0.25) is 0 Å². The number of ketones is 1. The molecule has 1 N–H and O–H groups in total. The highest BCUT2D eigenvalue weighted by Crippen LogP contribution is 2.45. The van der Waals surface area contributed by atoms with Crippen LogP contribution in [0.25, 0.3) is 16.0 Å². The Kier molecular flexibility index (Phi) is 5.79. The van der Waals surface area contributed by atoms with Crippen molar-refractivity contribution in [2.75, 3.05) is 4.90 Å². The number of nitrogens with zero attached hydrogens (tertiary/aromatic N) is 2. The van der Waals surface area contributed by atoms with E-state index in [1.807, 2.05) is 31.2 Å². The van der Waals surface area contributed by atoms with Crippen LogP contribution in [0.15, 0.2) is 66.2 Å². The van der Waals surface area contributed by atoms with E-state index in [1.165, 1.54) is 17.0 Å². The maximum absolute atomic E-state index is 13.9. The summed E-state index contributed by atoms with van der Waals surface area (Å²) in [7, 11) is 0. The van der Waals surface area contributed by atoms with Crippen LogP contribution in [-0.2, 0) is 16.0 Å². The lowest BCUT2D eigenvalue weighted by molar-refractivity contribution is -0.132. The Labute approximate surface area is 223 Å². The maximum Gasteiger partial charge on any atom is 0.301 e. The molecule has 0 radical (unpaired) electrons. The fraction of sp³-hybridized carbons (Fsp3) is 0.233. The zero-order valence-electron chi connectivity index (χ0n) is 21.1. The summed E-state index contributed by atoms with van der Waals surface area (Å²) in [4.78, 5) is 32.9. The Hall–Kier alpha value is -4.04. The standard InChI is InChI=1S/C30H25FN2O4S/c1-15(2)17-4-6-18(7-5-17)26-25(27(34)19-8-11-23-20(13-19)12-16(3)37-23)28(35)29(36)33(26)30-32-22-10-9-21(31)14-24(22)38-30/h4-11,13-16,26,34H,12H2,1-3H3/b27-25+/t16-,26-/m0/s1. The molecule has 8 heteroatoms. The maximum atomic E-state index is 13.9. The van der Waals surface area contributed by atoms with Crippen LogP contribution in [0.5, 0.6) is 5.75 Å². The highest BCUT2D eigenvalue weighted by Gasteiger charge is 2.48. The van der Waals surface area contributed by atoms with Crippen LogP contribution in [0, 0.1) is 5.82 Å². The molecular formula is C30H25FN2O4S. The van der Waals surface area contributed by atoms with Crippen LogP contribution >= 0.6 is 11.3 Å². The second kappa shape index (κ2) is 9.06. The summed E-state index contributed by atoms with van der Waals surface area (Å²) in [6.07, 6.45) is 0.712. The molecule has 1 saturated heterocycles. The molecular weight excluding hydrogens is 503 g/mol. The molecule has 0 saturated carbocycles. The van der Waals surface area contributed by atoms with Crippen molar-refractivity contribution < 1.29 is 23.8 Å². The molecule has 3 aromatic carbocycles. The first kappa shape index (κ1) is 24.3. The number of hydrogen-bond acceptors (Lipinski definition) is 6. The van der Waals surface area contributed by atoms with E-state index < -0.39 is 23.5 Å². The predicted molar refractivity (Wildman–Crippen MR) is 145 cm³/mol. The van der Waals surface area contributed by atoms with Crippen molar-refractivity contribution in [1.29, 1.82) is 0 Å². The highest BCUT2D eigenvalue weighted by molar-refractivity contribution is 7.22. The average molecular weight is 529 g/mol. The highest BCUT2D eigenvalue weighted by atomic mass is 32.1. The van der Waals surface area contributed by atoms with Gasteiger partial charge >= 0.3 is 5.91 Å². The van der Waals surface area contributed by atoms with Crippen LogP contribution in [0.1, 0.15) is 55.0 Å². The van der Waals surface area contributed by atoms with E-state index in [1.54, 1.807) is 24.3 Å². The van der Waals surface area contributed by atoms with Crippen molar-refractivity contribution in [1.82, 2.24) is 4.98 Å². The van der Waals surface area contributed by atoms with Crippen molar-refractivity contribution >= 4 is 44.1 Å². The molecule has 0 aliphatic carbocycles. The van der Waals surface area contributed by atoms with E-state index in [4.69, 9.17) is 4.74 Å². The first-order valence-electron chi connectivity index (χ1n) is 12.5. The lowest BCUT2D eigenvalue weighted by atomic mass is 9.93. The number of thiazole rings is 1. The van der Waals surface area contributed by atoms with Gasteiger partial charge < -0.3 is 9.84 Å². The minimum absolute atomic E-state index is 0.00959. The SMILES string of the molecule is CC(C)c1ccc([C@H]2/C(=C(\O)c3ccc4c(c3)C[C@H](C)O4)C(=O)C(=O)N2c2nc3ccc(F)cc3s2)cc1. The molecule has 0 bridgehead atoms. The Morgan fingerprint density at radius 1 is 1.11 bits per heavy atom. The quantitative estimate of drug-likeness (QED) is 0.186. The van der Waals surface area contributed by atoms with E-state index in [0.717, 1.165) is 28.2 Å². The van der Waals surface area contributed by atoms with Crippen molar-refractivity contribution in [2.24, 2.45) is 0 Å². The van der Waals surface area contributed by atoms with Gasteiger partial charge in [0.1, 0.15) is 23.4 Å². The zero-order valence-corrected chi connectivity index (χ0v) is 21.9. The van der Waals surface area contributed by atoms with Crippen molar-refractivity contribution in [3.63, 3.8) is 0 Å². The molecule has 0 spiro atoms. The van der Waals surface area contributed by atoms with Gasteiger partial charge in [-0.15, -0.1) is 0 Å². The van der Waals surface area contributed by atoms with Gasteiger partial charge in [-0.1, -0.05) is 49.4 Å². The number of halogens is 1. The van der Waals surface area contributed by atoms with Crippen molar-refractivity contribution in [3.05, 3.63) is 94.3 Å². The van der Waals surface area contributed by atoms with E-state index in [9.17, 15) is 19.1 Å². The van der Waals surface area contributed by atoms with E-state index in [0.29, 0.717) is 33.7 Å². The van der Waals surface area contributed by atoms with E-state index >= 15 is 0 Å². The van der Waals surface area contributed by atoms with Crippen LogP contribution in [0.3, 0.4) is 0 Å². The summed E-state index contributed by atoms with van der Waals surface area (Å²) in [5, 5.41) is 11.8. The number of rotatable bonds is 4. The summed E-state index contributed by atoms with van der Waals surface area (Å²) in [6.45, 7) is 6.13. The smallest absolute Gasteiger partial charge is 0.301 e. The molecule has 192 valence electrons. The number of amides is 1. The third-order valence-electron chi connectivity index (χ3n) is 7.08. The number of aliphatic hydroxyl groups is 1. The van der Waals surface area contributed by atoms with Crippen LogP contribution in [-0.4, -0.2) is 27.9 Å². The second-order valence-electron chi connectivity index (χ2n) is 10.1. The molecule has 1 aromatic heterocycles. The number of ether oxygens (including phenoxy) is 1. The van der Waals surface area contributed by atoms with Gasteiger partial charge in [0.25, 0.3) is 5.78 Å². The number of fused-ring (bicyclic) bond motifs is 2. The van der Waals surface area contributed by atoms with Crippen molar-refractivity contribution in [3.8, 4) is 5.75 Å². The van der Waals surface area contributed by atoms with Gasteiger partial charge in [0.05, 0.1) is 21.8 Å². The lowest BCUT2D eigenvalue weighted by Crippen LogP contribution is -2.29. The molecule has 1 amide bonds. The van der Waals surface area contributed by atoms with Gasteiger partial charge in [0.15, 0.2) is 5.13 Å². The van der Waals surface area contributed by atoms with Gasteiger partial charge in [0, 0.05) is 12.0 Å². The fourth-order valence-electron chi connectivity index (χ4n) is 5.12. The molecule has 1 fully saturated rings. The first-order valence-corrected chi connectivity index (χ1v) is 13.3. The van der Waals surface area contributed by atoms with E-state index in [-0.39, 0.29) is 22.6 Å². The molecule has 6 nitrogen and oxygen atoms in total. The Morgan fingerprint density at radius 3 is 2.61 bits per heavy atom. The topological polar surface area (TPSA) is 79.7 Å². The van der Waals surface area contributed by atoms with E-state index in [2.05, 4.69) is 18.8 Å². The number of anilines is 1. The monoisotopic (exact) mass is 528 g/mol. The van der Waals surface area contributed by atoms with Gasteiger partial charge in [-0.2, -0.15) is 0 Å². The molecule has 6 rings (SSSR count). The molecule has 4 aromatic rings. The molecule has 38 heavy (non-hydrogen) atoms. The fourth-order valence-corrected chi connectivity index (χ4v) is 6.14. The normalized spacial score (nSPS) is 20.4. The summed E-state index contributed by atoms with van der Waals surface area (Å²) < 4.78 is 20.2. The molecule has 2 aliphatic heterocycles. The minimum atomic E-state index is -0.898. The Morgan fingerprint density at radius 2 is 1.87 bits per heavy atom. The number of benzene rings is 3. The minimum Gasteiger partial charge on any atom is -0.507 e. The third kappa shape index (κ3) is 3.96. The zero-order chi connectivity index (χ0) is 26.7. The number of aromatic nitrogens is 1. The average Bonchev–Trinajstić information content (AvgIpc) is 3.55. The predicted octanol–water partition coefficient (Wildman–Crippen LogP) is 6.51. The number of aliphatic hydroxyl groups excluding tert-OH is 1. The first-order chi connectivity index (χ1) is 18.2. The second-order valence-corrected chi connectivity index (χ2v) is 11.1. The molecule has 2 atom stereocenters. The summed E-state index contributed by atoms with van der Waals surface area (Å²) >= 11 is 1.13. The van der Waals surface area contributed by atoms with Gasteiger partial charge in [-0.3, -0.25) is 14.5 Å². The largest absolute Gasteiger partial charge is 0.507 e. The number of carbonyl (C=O) groups excluding carboxylic acids is 2. The Bertz CT molecular complexity index is 1640. The van der Waals surface area contributed by atoms with Crippen LogP contribution < -0.4 is 9.64 Å². The number of carbonyl (C=O) groups is 2. The van der Waals surface area contributed by atoms with Gasteiger partial charge in [-0.25, -0.2) is 9.37 Å². The summed E-state index contributed by atoms with van der Waals surface area (Å²) in [6, 6.07) is 16.2. The molecule has 0 unspecified atom stereocenters.